The third-order valence-electron chi connectivity index (χ3n) is 3.58. The quantitative estimate of drug-likeness (QED) is 0.776. The van der Waals surface area contributed by atoms with Crippen molar-refractivity contribution in [3.63, 3.8) is 0 Å². The van der Waals surface area contributed by atoms with Gasteiger partial charge in [-0.15, -0.1) is 11.3 Å². The summed E-state index contributed by atoms with van der Waals surface area (Å²) in [6.07, 6.45) is 1.69. The monoisotopic (exact) mass is 341 g/mol. The van der Waals surface area contributed by atoms with E-state index in [1.54, 1.807) is 25.3 Å². The number of carbonyl (C=O) groups excluding carboxylic acids is 1. The molecule has 1 unspecified atom stereocenters. The molecule has 6 heteroatoms. The summed E-state index contributed by atoms with van der Waals surface area (Å²) in [7, 11) is 0. The number of aryl methyl sites for hydroxylation is 1. The van der Waals surface area contributed by atoms with Crippen LogP contribution in [0.4, 0.5) is 4.39 Å². The Morgan fingerprint density at radius 3 is 2.79 bits per heavy atom. The standard InChI is InChI=1S/C18H16FN3OS/c1-11(13-6-5-7-14(19)10-13)21-17(23)16-12(2)22-18(24-16)15-8-3-4-9-20-15/h3-11H,1-2H3,(H,21,23). The molecule has 0 spiro atoms. The second-order valence-corrected chi connectivity index (χ2v) is 6.40. The molecule has 0 fully saturated rings. The minimum atomic E-state index is -0.319. The maximum atomic E-state index is 13.3. The van der Waals surface area contributed by atoms with Gasteiger partial charge in [0.15, 0.2) is 0 Å². The van der Waals surface area contributed by atoms with Crippen LogP contribution in [0.5, 0.6) is 0 Å². The van der Waals surface area contributed by atoms with Gasteiger partial charge in [-0.1, -0.05) is 18.2 Å². The van der Waals surface area contributed by atoms with E-state index in [0.717, 1.165) is 11.3 Å². The summed E-state index contributed by atoms with van der Waals surface area (Å²) in [5, 5.41) is 3.59. The van der Waals surface area contributed by atoms with Gasteiger partial charge < -0.3 is 5.32 Å². The number of aromatic nitrogens is 2. The van der Waals surface area contributed by atoms with Crippen molar-refractivity contribution in [1.82, 2.24) is 15.3 Å². The van der Waals surface area contributed by atoms with Crippen molar-refractivity contribution in [2.75, 3.05) is 0 Å². The maximum Gasteiger partial charge on any atom is 0.263 e. The second-order valence-electron chi connectivity index (χ2n) is 5.40. The molecule has 24 heavy (non-hydrogen) atoms. The first-order valence-corrected chi connectivity index (χ1v) is 8.31. The van der Waals surface area contributed by atoms with Crippen LogP contribution in [-0.2, 0) is 0 Å². The van der Waals surface area contributed by atoms with Crippen LogP contribution in [0, 0.1) is 12.7 Å². The average Bonchev–Trinajstić information content (AvgIpc) is 2.97. The fourth-order valence-electron chi connectivity index (χ4n) is 2.33. The fourth-order valence-corrected chi connectivity index (χ4v) is 3.27. The third kappa shape index (κ3) is 3.49. The Bertz CT molecular complexity index is 864. The highest BCUT2D eigenvalue weighted by Crippen LogP contribution is 2.27. The highest BCUT2D eigenvalue weighted by molar-refractivity contribution is 7.17. The summed E-state index contributed by atoms with van der Waals surface area (Å²) in [4.78, 5) is 21.8. The van der Waals surface area contributed by atoms with E-state index in [4.69, 9.17) is 0 Å². The van der Waals surface area contributed by atoms with Gasteiger partial charge in [0, 0.05) is 6.20 Å². The van der Waals surface area contributed by atoms with Crippen LogP contribution in [0.3, 0.4) is 0 Å². The lowest BCUT2D eigenvalue weighted by Gasteiger charge is -2.13. The molecule has 0 radical (unpaired) electrons. The van der Waals surface area contributed by atoms with Gasteiger partial charge in [0.1, 0.15) is 15.7 Å². The minimum absolute atomic E-state index is 0.219. The number of pyridine rings is 1. The molecule has 0 saturated carbocycles. The predicted molar refractivity (Wildman–Crippen MR) is 92.4 cm³/mol. The minimum Gasteiger partial charge on any atom is -0.345 e. The van der Waals surface area contributed by atoms with Gasteiger partial charge in [-0.25, -0.2) is 9.37 Å². The first kappa shape index (κ1) is 16.3. The lowest BCUT2D eigenvalue weighted by Crippen LogP contribution is -2.26. The summed E-state index contributed by atoms with van der Waals surface area (Å²) in [6.45, 7) is 3.62. The molecule has 0 bridgehead atoms. The Morgan fingerprint density at radius 1 is 1.25 bits per heavy atom. The molecule has 3 aromatic rings. The van der Waals surface area contributed by atoms with Gasteiger partial charge in [-0.2, -0.15) is 0 Å². The Labute approximate surface area is 143 Å². The van der Waals surface area contributed by atoms with Crippen LogP contribution in [0.1, 0.15) is 33.9 Å². The number of thiazole rings is 1. The Kier molecular flexibility index (Phi) is 4.66. The predicted octanol–water partition coefficient (Wildman–Crippen LogP) is 4.14. The van der Waals surface area contributed by atoms with E-state index in [9.17, 15) is 9.18 Å². The molecule has 1 amide bonds. The van der Waals surface area contributed by atoms with Crippen LogP contribution in [0.25, 0.3) is 10.7 Å². The highest BCUT2D eigenvalue weighted by Gasteiger charge is 2.19. The SMILES string of the molecule is Cc1nc(-c2ccccn2)sc1C(=O)NC(C)c1cccc(F)c1. The Balaban J connectivity index is 1.79. The number of nitrogens with zero attached hydrogens (tertiary/aromatic N) is 2. The number of carbonyl (C=O) groups is 1. The van der Waals surface area contributed by atoms with Crippen LogP contribution in [0.2, 0.25) is 0 Å². The van der Waals surface area contributed by atoms with Crippen molar-refractivity contribution < 1.29 is 9.18 Å². The van der Waals surface area contributed by atoms with Gasteiger partial charge in [-0.05, 0) is 43.7 Å². The maximum absolute atomic E-state index is 13.3. The van der Waals surface area contributed by atoms with E-state index in [2.05, 4.69) is 15.3 Å². The number of hydrogen-bond donors (Lipinski definition) is 1. The number of halogens is 1. The van der Waals surface area contributed by atoms with E-state index in [1.165, 1.54) is 23.5 Å². The molecule has 4 nitrogen and oxygen atoms in total. The van der Waals surface area contributed by atoms with Crippen LogP contribution < -0.4 is 5.32 Å². The summed E-state index contributed by atoms with van der Waals surface area (Å²) >= 11 is 1.30. The van der Waals surface area contributed by atoms with Crippen molar-refractivity contribution in [2.24, 2.45) is 0 Å². The van der Waals surface area contributed by atoms with E-state index < -0.39 is 0 Å². The van der Waals surface area contributed by atoms with Crippen LogP contribution >= 0.6 is 11.3 Å². The zero-order valence-electron chi connectivity index (χ0n) is 13.3. The van der Waals surface area contributed by atoms with Gasteiger partial charge in [0.2, 0.25) is 0 Å². The lowest BCUT2D eigenvalue weighted by molar-refractivity contribution is 0.0943. The molecule has 0 saturated heterocycles. The van der Waals surface area contributed by atoms with Crippen molar-refractivity contribution >= 4 is 17.2 Å². The molecular weight excluding hydrogens is 325 g/mol. The molecule has 3 rings (SSSR count). The molecule has 1 aromatic carbocycles. The topological polar surface area (TPSA) is 54.9 Å². The molecule has 1 atom stereocenters. The summed E-state index contributed by atoms with van der Waals surface area (Å²) in [5.74, 6) is -0.538. The second kappa shape index (κ2) is 6.88. The van der Waals surface area contributed by atoms with E-state index in [0.29, 0.717) is 15.6 Å². The van der Waals surface area contributed by atoms with Gasteiger partial charge >= 0.3 is 0 Å². The Morgan fingerprint density at radius 2 is 2.08 bits per heavy atom. The van der Waals surface area contributed by atoms with Crippen molar-refractivity contribution in [3.8, 4) is 10.7 Å². The Hall–Kier alpha value is -2.60. The molecule has 0 aliphatic heterocycles. The zero-order chi connectivity index (χ0) is 17.1. The molecule has 122 valence electrons. The van der Waals surface area contributed by atoms with E-state index in [1.807, 2.05) is 25.1 Å². The normalized spacial score (nSPS) is 12.0. The van der Waals surface area contributed by atoms with Crippen LogP contribution in [0.15, 0.2) is 48.7 Å². The average molecular weight is 341 g/mol. The highest BCUT2D eigenvalue weighted by atomic mass is 32.1. The summed E-state index contributed by atoms with van der Waals surface area (Å²) in [6, 6.07) is 11.5. The van der Waals surface area contributed by atoms with Crippen LogP contribution in [-0.4, -0.2) is 15.9 Å². The zero-order valence-corrected chi connectivity index (χ0v) is 14.1. The fraction of sp³-hybridized carbons (Fsp3) is 0.167. The first-order chi connectivity index (χ1) is 11.5. The van der Waals surface area contributed by atoms with Crippen molar-refractivity contribution in [3.05, 3.63) is 70.6 Å². The van der Waals surface area contributed by atoms with E-state index >= 15 is 0 Å². The van der Waals surface area contributed by atoms with Crippen molar-refractivity contribution in [2.45, 2.75) is 19.9 Å². The molecule has 0 aliphatic rings. The number of benzene rings is 1. The van der Waals surface area contributed by atoms with Gasteiger partial charge in [-0.3, -0.25) is 9.78 Å². The number of hydrogen-bond acceptors (Lipinski definition) is 4. The molecule has 0 aliphatic carbocycles. The number of nitrogens with one attached hydrogen (secondary N) is 1. The molecule has 1 N–H and O–H groups in total. The molecule has 2 heterocycles. The first-order valence-electron chi connectivity index (χ1n) is 7.50. The van der Waals surface area contributed by atoms with Crippen molar-refractivity contribution in [1.29, 1.82) is 0 Å². The van der Waals surface area contributed by atoms with E-state index in [-0.39, 0.29) is 17.8 Å². The van der Waals surface area contributed by atoms with Gasteiger partial charge in [0.25, 0.3) is 5.91 Å². The number of rotatable bonds is 4. The number of amides is 1. The third-order valence-corrected chi connectivity index (χ3v) is 4.76. The lowest BCUT2D eigenvalue weighted by atomic mass is 10.1. The summed E-state index contributed by atoms with van der Waals surface area (Å²) in [5.41, 5.74) is 2.11. The largest absolute Gasteiger partial charge is 0.345 e. The molecule has 2 aromatic heterocycles. The smallest absolute Gasteiger partial charge is 0.263 e. The van der Waals surface area contributed by atoms with Gasteiger partial charge in [0.05, 0.1) is 17.4 Å². The summed E-state index contributed by atoms with van der Waals surface area (Å²) < 4.78 is 13.3. The molecular formula is C18H16FN3OS.